The quantitative estimate of drug-likeness (QED) is 0.0841. The summed E-state index contributed by atoms with van der Waals surface area (Å²) in [6.07, 6.45) is 14.7. The highest BCUT2D eigenvalue weighted by molar-refractivity contribution is 5.86. The second-order valence-electron chi connectivity index (χ2n) is 9.42. The number of unbranched alkanes of at least 4 members (excludes halogenated alkanes) is 7. The summed E-state index contributed by atoms with van der Waals surface area (Å²) in [5.74, 6) is 2.81. The Bertz CT molecular complexity index is 984. The van der Waals surface area contributed by atoms with Gasteiger partial charge in [0.25, 0.3) is 0 Å². The molecule has 0 aliphatic heterocycles. The van der Waals surface area contributed by atoms with Crippen LogP contribution >= 0.6 is 0 Å². The van der Waals surface area contributed by atoms with E-state index in [0.29, 0.717) is 0 Å². The molecule has 2 rings (SSSR count). The summed E-state index contributed by atoms with van der Waals surface area (Å²) in [6.45, 7) is 8.72. The molecule has 0 radical (unpaired) electrons. The van der Waals surface area contributed by atoms with Gasteiger partial charge in [-0.25, -0.2) is 0 Å². The fraction of sp³-hybridized carbons (Fsp3) is 0.500. The Balaban J connectivity index is 2.32. The summed E-state index contributed by atoms with van der Waals surface area (Å²) in [4.78, 5) is 3.22. The number of aryl methyl sites for hydroxylation is 2. The minimum absolute atomic E-state index is 0.770. The van der Waals surface area contributed by atoms with Crippen molar-refractivity contribution in [2.75, 3.05) is 0 Å². The number of hydrogen-bond donors (Lipinski definition) is 0. The molecule has 0 N–H and O–H groups in total. The zero-order chi connectivity index (χ0) is 24.6. The second-order valence-corrected chi connectivity index (χ2v) is 9.42. The van der Waals surface area contributed by atoms with Gasteiger partial charge in [-0.1, -0.05) is 114 Å². The van der Waals surface area contributed by atoms with Crippen molar-refractivity contribution in [3.63, 3.8) is 0 Å². The van der Waals surface area contributed by atoms with Crippen LogP contribution in [0.5, 0.6) is 0 Å². The van der Waals surface area contributed by atoms with E-state index in [2.05, 4.69) is 86.9 Å². The molecule has 0 heterocycles. The Morgan fingerprint density at radius 1 is 0.735 bits per heavy atom. The van der Waals surface area contributed by atoms with Gasteiger partial charge in [0.15, 0.2) is 0 Å². The van der Waals surface area contributed by atoms with E-state index in [4.69, 9.17) is 5.53 Å². The lowest BCUT2D eigenvalue weighted by Crippen LogP contribution is -1.98. The van der Waals surface area contributed by atoms with Crippen molar-refractivity contribution < 1.29 is 4.79 Å². The van der Waals surface area contributed by atoms with Crippen molar-refractivity contribution in [2.24, 2.45) is 0 Å². The zero-order valence-electron chi connectivity index (χ0n) is 22.0. The van der Waals surface area contributed by atoms with E-state index in [0.717, 1.165) is 30.4 Å². The van der Waals surface area contributed by atoms with Crippen molar-refractivity contribution >= 4 is 11.4 Å². The topological polar surface area (TPSA) is 36.4 Å². The van der Waals surface area contributed by atoms with Crippen LogP contribution in [-0.4, -0.2) is 10.7 Å². The van der Waals surface area contributed by atoms with Crippen molar-refractivity contribution in [3.8, 4) is 0 Å². The molecule has 0 aromatic heterocycles. The Morgan fingerprint density at radius 3 is 2.03 bits per heavy atom. The van der Waals surface area contributed by atoms with Crippen LogP contribution in [0.25, 0.3) is 11.1 Å². The average molecular weight is 457 g/mol. The van der Waals surface area contributed by atoms with Crippen LogP contribution in [0, 0.1) is 0 Å². The summed E-state index contributed by atoms with van der Waals surface area (Å²) in [5.41, 5.74) is 17.6. The van der Waals surface area contributed by atoms with E-state index >= 15 is 0 Å². The van der Waals surface area contributed by atoms with Gasteiger partial charge in [0, 0.05) is 0 Å². The van der Waals surface area contributed by atoms with Gasteiger partial charge in [-0.2, -0.15) is 0 Å². The number of hydrogen-bond acceptors (Lipinski definition) is 0. The first kappa shape index (κ1) is 27.6. The molecular weight excluding hydrogens is 412 g/mol. The highest BCUT2D eigenvalue weighted by Gasteiger charge is 2.14. The maximum absolute atomic E-state index is 9.16. The van der Waals surface area contributed by atoms with Crippen molar-refractivity contribution in [1.29, 1.82) is 0 Å². The maximum atomic E-state index is 9.16. The molecule has 2 aromatic rings. The second kappa shape index (κ2) is 16.0. The molecule has 2 nitrogen and oxygen atoms in total. The highest BCUT2D eigenvalue weighted by atomic mass is 14.8. The predicted octanol–water partition coefficient (Wildman–Crippen LogP) is 9.38. The third-order valence-corrected chi connectivity index (χ3v) is 6.71. The lowest BCUT2D eigenvalue weighted by atomic mass is 9.88. The van der Waals surface area contributed by atoms with E-state index < -0.39 is 0 Å². The Labute approximate surface area is 208 Å². The van der Waals surface area contributed by atoms with E-state index in [1.807, 2.05) is 0 Å². The molecule has 2 heteroatoms. The fourth-order valence-corrected chi connectivity index (χ4v) is 4.65. The van der Waals surface area contributed by atoms with Gasteiger partial charge in [0.2, 0.25) is 0 Å². The van der Waals surface area contributed by atoms with Gasteiger partial charge in [-0.3, -0.25) is 0 Å². The van der Waals surface area contributed by atoms with Crippen LogP contribution in [0.2, 0.25) is 0 Å². The number of allylic oxidation sites excluding steroid dienone is 2. The van der Waals surface area contributed by atoms with Crippen LogP contribution in [0.4, 0.5) is 0 Å². The monoisotopic (exact) mass is 456 g/mol. The molecule has 0 aliphatic rings. The van der Waals surface area contributed by atoms with Gasteiger partial charge in [-0.05, 0) is 72.4 Å². The van der Waals surface area contributed by atoms with Crippen LogP contribution in [0.1, 0.15) is 114 Å². The smallest absolute Gasteiger partial charge is 0.303 e. The van der Waals surface area contributed by atoms with Crippen LogP contribution < -0.4 is 0 Å². The van der Waals surface area contributed by atoms with E-state index in [1.165, 1.54) is 85.6 Å². The van der Waals surface area contributed by atoms with Crippen molar-refractivity contribution in [1.82, 2.24) is 0 Å². The minimum Gasteiger partial charge on any atom is -0.348 e. The molecular formula is C32H44N2. The standard InChI is InChI=1S/C32H44N2/c1-5-8-10-11-12-14-16-27-20-22-30(23-21-27)32(26(4)29(7-3)25-34-33)31-19-15-18-28(24-31)17-13-9-6-2/h15,18-24H,5-14,16-17H2,1-4H3. The molecule has 0 saturated heterocycles. The maximum Gasteiger partial charge on any atom is 0.303 e. The van der Waals surface area contributed by atoms with E-state index in [9.17, 15) is 0 Å². The van der Waals surface area contributed by atoms with Gasteiger partial charge in [0.05, 0.1) is 5.57 Å². The van der Waals surface area contributed by atoms with Gasteiger partial charge in [0.1, 0.15) is 0 Å². The summed E-state index contributed by atoms with van der Waals surface area (Å²) in [5, 5.41) is 0. The molecule has 34 heavy (non-hydrogen) atoms. The Morgan fingerprint density at radius 2 is 1.35 bits per heavy atom. The Kier molecular flexibility index (Phi) is 13.0. The predicted molar refractivity (Wildman–Crippen MR) is 147 cm³/mol. The van der Waals surface area contributed by atoms with Crippen LogP contribution in [0.15, 0.2) is 59.7 Å². The summed E-state index contributed by atoms with van der Waals surface area (Å²) < 4.78 is 0. The molecule has 0 unspecified atom stereocenters. The summed E-state index contributed by atoms with van der Waals surface area (Å²) in [7, 11) is 0. The van der Waals surface area contributed by atoms with Crippen molar-refractivity contribution in [3.05, 3.63) is 87.5 Å². The lowest BCUT2D eigenvalue weighted by Gasteiger charge is -2.15. The van der Waals surface area contributed by atoms with Crippen LogP contribution in [-0.2, 0) is 12.8 Å². The average Bonchev–Trinajstić information content (AvgIpc) is 2.86. The molecule has 2 aromatic carbocycles. The third kappa shape index (κ3) is 8.94. The number of benzene rings is 2. The largest absolute Gasteiger partial charge is 0.348 e. The zero-order valence-corrected chi connectivity index (χ0v) is 22.0. The van der Waals surface area contributed by atoms with Gasteiger partial charge >= 0.3 is 5.87 Å². The van der Waals surface area contributed by atoms with Crippen LogP contribution in [0.3, 0.4) is 0 Å². The number of rotatable bonds is 15. The lowest BCUT2D eigenvalue weighted by molar-refractivity contribution is 0.00745. The SMILES string of the molecule is CCCCCCCCc1ccc(C(=C(C)C(=C=[N+]=[N-])CC)c2cccc(CCCCC)c2)cc1. The first-order chi connectivity index (χ1) is 16.6. The van der Waals surface area contributed by atoms with E-state index in [1.54, 1.807) is 0 Å². The minimum atomic E-state index is 0.770. The molecule has 182 valence electrons. The van der Waals surface area contributed by atoms with Gasteiger partial charge in [-0.15, -0.1) is 4.79 Å². The highest BCUT2D eigenvalue weighted by Crippen LogP contribution is 2.32. The van der Waals surface area contributed by atoms with Gasteiger partial charge < -0.3 is 5.53 Å². The third-order valence-electron chi connectivity index (χ3n) is 6.71. The summed E-state index contributed by atoms with van der Waals surface area (Å²) in [6, 6.07) is 18.0. The molecule has 0 aliphatic carbocycles. The van der Waals surface area contributed by atoms with E-state index in [-0.39, 0.29) is 0 Å². The molecule has 0 amide bonds. The molecule has 0 bridgehead atoms. The first-order valence-electron chi connectivity index (χ1n) is 13.5. The first-order valence-corrected chi connectivity index (χ1v) is 13.5. The van der Waals surface area contributed by atoms with Crippen molar-refractivity contribution in [2.45, 2.75) is 105 Å². The molecule has 0 spiro atoms. The number of nitrogens with zero attached hydrogens (tertiary/aromatic N) is 2. The molecule has 0 fully saturated rings. The fourth-order valence-electron chi connectivity index (χ4n) is 4.65. The Hall–Kier alpha value is -2.66. The molecule has 0 saturated carbocycles. The molecule has 0 atom stereocenters. The normalized spacial score (nSPS) is 11.5. The summed E-state index contributed by atoms with van der Waals surface area (Å²) >= 11 is 0.